The lowest BCUT2D eigenvalue weighted by molar-refractivity contribution is -0.151. The average Bonchev–Trinajstić information content (AvgIpc) is 3.18. The Labute approximate surface area is 189 Å². The third-order valence-corrected chi connectivity index (χ3v) is 6.67. The van der Waals surface area contributed by atoms with E-state index in [4.69, 9.17) is 13.7 Å². The molecule has 7 nitrogen and oxygen atoms in total. The molecule has 1 aromatic heterocycles. The summed E-state index contributed by atoms with van der Waals surface area (Å²) in [5, 5.41) is 0.929. The number of hydrogen-bond donors (Lipinski definition) is 0. The Bertz CT molecular complexity index is 1200. The molecule has 0 bridgehead atoms. The predicted octanol–water partition coefficient (Wildman–Crippen LogP) is 4.42. The largest absolute Gasteiger partial charge is 0.493 e. The Balaban J connectivity index is 1.57. The van der Waals surface area contributed by atoms with Crippen LogP contribution in [0.5, 0.6) is 5.75 Å². The molecule has 3 rings (SSSR count). The fraction of sp³-hybridized carbons (Fsp3) is 0.375. The topological polar surface area (TPSA) is 83.8 Å². The molecule has 0 unspecified atom stereocenters. The molecule has 0 saturated heterocycles. The van der Waals surface area contributed by atoms with E-state index in [2.05, 4.69) is 0 Å². The summed E-state index contributed by atoms with van der Waals surface area (Å²) in [6.45, 7) is 7.83. The molecule has 0 aliphatic carbocycles. The fourth-order valence-electron chi connectivity index (χ4n) is 3.42. The Morgan fingerprint density at radius 1 is 1.06 bits per heavy atom. The van der Waals surface area contributed by atoms with Gasteiger partial charge in [0.2, 0.25) is 0 Å². The molecule has 3 aromatic rings. The van der Waals surface area contributed by atoms with Crippen LogP contribution in [-0.4, -0.2) is 38.8 Å². The molecule has 2 aromatic carbocycles. The van der Waals surface area contributed by atoms with E-state index in [0.717, 1.165) is 10.9 Å². The summed E-state index contributed by atoms with van der Waals surface area (Å²) in [6, 6.07) is 14.2. The molecule has 0 N–H and O–H groups in total. The van der Waals surface area contributed by atoms with Crippen LogP contribution < -0.4 is 4.74 Å². The van der Waals surface area contributed by atoms with Crippen LogP contribution in [0.1, 0.15) is 32.8 Å². The van der Waals surface area contributed by atoms with E-state index in [-0.39, 0.29) is 17.5 Å². The number of benzene rings is 2. The van der Waals surface area contributed by atoms with Crippen molar-refractivity contribution in [3.8, 4) is 5.75 Å². The highest BCUT2D eigenvalue weighted by Gasteiger charge is 2.32. The average molecular weight is 460 g/mol. The summed E-state index contributed by atoms with van der Waals surface area (Å²) in [7, 11) is -3.78. The van der Waals surface area contributed by atoms with Gasteiger partial charge in [-0.15, -0.1) is 0 Å². The number of hydrogen-bond acceptors (Lipinski definition) is 6. The minimum Gasteiger partial charge on any atom is -0.493 e. The Hall–Kier alpha value is -2.84. The molecule has 172 valence electrons. The van der Waals surface area contributed by atoms with Gasteiger partial charge in [0.15, 0.2) is 0 Å². The van der Waals surface area contributed by atoms with E-state index < -0.39 is 15.7 Å². The zero-order valence-corrected chi connectivity index (χ0v) is 19.6. The fourth-order valence-corrected chi connectivity index (χ4v) is 4.59. The highest BCUT2D eigenvalue weighted by Crippen LogP contribution is 2.28. The summed E-state index contributed by atoms with van der Waals surface area (Å²) >= 11 is 0. The van der Waals surface area contributed by atoms with Gasteiger partial charge in [-0.1, -0.05) is 18.2 Å². The Morgan fingerprint density at radius 3 is 2.53 bits per heavy atom. The summed E-state index contributed by atoms with van der Waals surface area (Å²) in [6.07, 6.45) is 2.27. The van der Waals surface area contributed by atoms with Gasteiger partial charge in [0.1, 0.15) is 11.3 Å². The van der Waals surface area contributed by atoms with Crippen molar-refractivity contribution in [3.63, 3.8) is 0 Å². The molecule has 8 heteroatoms. The van der Waals surface area contributed by atoms with Gasteiger partial charge < -0.3 is 14.0 Å². The smallest absolute Gasteiger partial charge is 0.331 e. The van der Waals surface area contributed by atoms with Crippen molar-refractivity contribution in [1.82, 2.24) is 4.57 Å². The maximum Gasteiger partial charge on any atom is 0.331 e. The van der Waals surface area contributed by atoms with Crippen molar-refractivity contribution in [2.45, 2.75) is 44.6 Å². The lowest BCUT2D eigenvalue weighted by Gasteiger charge is -2.25. The number of carbonyl (C=O) groups excluding carboxylic acids is 1. The molecule has 0 aliphatic heterocycles. The molecule has 1 heterocycles. The van der Waals surface area contributed by atoms with Crippen molar-refractivity contribution < 1.29 is 26.9 Å². The van der Waals surface area contributed by atoms with E-state index in [1.165, 1.54) is 6.07 Å². The van der Waals surface area contributed by atoms with Crippen LogP contribution in [0.25, 0.3) is 10.9 Å². The van der Waals surface area contributed by atoms with Crippen molar-refractivity contribution in [2.75, 3.05) is 19.8 Å². The second kappa shape index (κ2) is 9.75. The van der Waals surface area contributed by atoms with Crippen LogP contribution in [0.15, 0.2) is 59.6 Å². The molecule has 0 spiro atoms. The summed E-state index contributed by atoms with van der Waals surface area (Å²) in [4.78, 5) is 12.5. The number of nitrogens with zero attached hydrogens (tertiary/aromatic N) is 1. The Kier molecular flexibility index (Phi) is 7.26. The van der Waals surface area contributed by atoms with E-state index in [0.29, 0.717) is 30.9 Å². The highest BCUT2D eigenvalue weighted by atomic mass is 32.2. The number of aryl methyl sites for hydroxylation is 1. The van der Waals surface area contributed by atoms with Crippen molar-refractivity contribution >= 4 is 27.0 Å². The molecule has 32 heavy (non-hydrogen) atoms. The first-order valence-corrected chi connectivity index (χ1v) is 11.9. The standard InChI is InChI=1S/C24H29NO6S/c1-5-29-23(26)24(3,4)25-14-13-19-17-20(11-12-21(19)25)30-15-8-16-31-32(27,28)22-10-7-6-9-18(22)2/h6-7,9-14,17H,5,8,15-16H2,1-4H3. The molecule has 0 atom stereocenters. The molecule has 0 amide bonds. The molecule has 0 fully saturated rings. The third kappa shape index (κ3) is 5.14. The quantitative estimate of drug-likeness (QED) is 0.253. The predicted molar refractivity (Wildman–Crippen MR) is 122 cm³/mol. The van der Waals surface area contributed by atoms with Gasteiger partial charge in [-0.2, -0.15) is 8.42 Å². The molecular formula is C24H29NO6S. The monoisotopic (exact) mass is 459 g/mol. The summed E-state index contributed by atoms with van der Waals surface area (Å²) in [5.41, 5.74) is 0.707. The molecule has 0 saturated carbocycles. The molecule has 0 radical (unpaired) electrons. The molecule has 0 aliphatic rings. The minimum atomic E-state index is -3.78. The van der Waals surface area contributed by atoms with Crippen LogP contribution in [0.4, 0.5) is 0 Å². The van der Waals surface area contributed by atoms with Gasteiger partial charge in [0.25, 0.3) is 10.1 Å². The van der Waals surface area contributed by atoms with E-state index >= 15 is 0 Å². The van der Waals surface area contributed by atoms with Crippen LogP contribution in [-0.2, 0) is 29.4 Å². The van der Waals surface area contributed by atoms with Crippen molar-refractivity contribution in [2.24, 2.45) is 0 Å². The normalized spacial score (nSPS) is 12.1. The SMILES string of the molecule is CCOC(=O)C(C)(C)n1ccc2cc(OCCCOS(=O)(=O)c3ccccc3C)ccc21. The zero-order valence-electron chi connectivity index (χ0n) is 18.8. The molecular weight excluding hydrogens is 430 g/mol. The number of carbonyl (C=O) groups is 1. The number of aromatic nitrogens is 1. The summed E-state index contributed by atoms with van der Waals surface area (Å²) < 4.78 is 42.6. The first-order valence-electron chi connectivity index (χ1n) is 10.5. The van der Waals surface area contributed by atoms with Crippen LogP contribution in [0.2, 0.25) is 0 Å². The van der Waals surface area contributed by atoms with Crippen molar-refractivity contribution in [3.05, 3.63) is 60.3 Å². The number of esters is 1. The van der Waals surface area contributed by atoms with Gasteiger partial charge in [0.05, 0.1) is 24.7 Å². The zero-order chi connectivity index (χ0) is 23.4. The minimum absolute atomic E-state index is 0.0308. The van der Waals surface area contributed by atoms with Gasteiger partial charge in [-0.3, -0.25) is 4.18 Å². The van der Waals surface area contributed by atoms with Gasteiger partial charge in [0, 0.05) is 23.5 Å². The van der Waals surface area contributed by atoms with E-state index in [1.54, 1.807) is 32.0 Å². The second-order valence-electron chi connectivity index (χ2n) is 7.93. The number of fused-ring (bicyclic) bond motifs is 1. The van der Waals surface area contributed by atoms with E-state index in [9.17, 15) is 13.2 Å². The van der Waals surface area contributed by atoms with E-state index in [1.807, 2.05) is 48.9 Å². The second-order valence-corrected chi connectivity index (χ2v) is 9.51. The third-order valence-electron chi connectivity index (χ3n) is 5.20. The lowest BCUT2D eigenvalue weighted by Crippen LogP contribution is -2.36. The maximum absolute atomic E-state index is 12.3. The summed E-state index contributed by atoms with van der Waals surface area (Å²) in [5.74, 6) is 0.365. The lowest BCUT2D eigenvalue weighted by atomic mass is 10.1. The van der Waals surface area contributed by atoms with Crippen LogP contribution in [0, 0.1) is 6.92 Å². The van der Waals surface area contributed by atoms with Gasteiger partial charge >= 0.3 is 5.97 Å². The van der Waals surface area contributed by atoms with Gasteiger partial charge in [-0.05, 0) is 63.6 Å². The maximum atomic E-state index is 12.3. The highest BCUT2D eigenvalue weighted by molar-refractivity contribution is 7.86. The van der Waals surface area contributed by atoms with Crippen LogP contribution >= 0.6 is 0 Å². The van der Waals surface area contributed by atoms with Crippen LogP contribution in [0.3, 0.4) is 0 Å². The Morgan fingerprint density at radius 2 is 1.81 bits per heavy atom. The number of rotatable bonds is 10. The first kappa shape index (κ1) is 23.8. The number of ether oxygens (including phenoxy) is 2. The van der Waals surface area contributed by atoms with Crippen molar-refractivity contribution in [1.29, 1.82) is 0 Å². The van der Waals surface area contributed by atoms with Gasteiger partial charge in [-0.25, -0.2) is 4.79 Å². The first-order chi connectivity index (χ1) is 15.2.